The molecule has 2 aromatic carbocycles. The zero-order valence-corrected chi connectivity index (χ0v) is 17.0. The number of carbonyl (C=O) groups is 2. The van der Waals surface area contributed by atoms with Gasteiger partial charge < -0.3 is 9.84 Å². The van der Waals surface area contributed by atoms with Crippen LogP contribution in [-0.4, -0.2) is 23.9 Å². The minimum atomic E-state index is -0.323. The SMILES string of the molecule is COc1cc(C2CC(=O)N(c3ccc(Br)cc3)C3=C2C(=O)CCC3)ccc1O. The average Bonchev–Trinajstić information content (AvgIpc) is 2.69. The van der Waals surface area contributed by atoms with Crippen LogP contribution in [0.15, 0.2) is 58.2 Å². The number of hydrogen-bond donors (Lipinski definition) is 1. The van der Waals surface area contributed by atoms with E-state index in [2.05, 4.69) is 15.9 Å². The van der Waals surface area contributed by atoms with E-state index in [1.807, 2.05) is 24.3 Å². The minimum absolute atomic E-state index is 0.0344. The smallest absolute Gasteiger partial charge is 0.232 e. The van der Waals surface area contributed by atoms with Crippen molar-refractivity contribution in [3.63, 3.8) is 0 Å². The third kappa shape index (κ3) is 3.22. The van der Waals surface area contributed by atoms with Crippen molar-refractivity contribution in [3.8, 4) is 11.5 Å². The second kappa shape index (κ2) is 7.43. The molecule has 0 bridgehead atoms. The van der Waals surface area contributed by atoms with Crippen molar-refractivity contribution in [2.45, 2.75) is 31.6 Å². The molecule has 0 radical (unpaired) electrons. The number of aromatic hydroxyl groups is 1. The van der Waals surface area contributed by atoms with Gasteiger partial charge in [-0.25, -0.2) is 0 Å². The number of halogens is 1. The lowest BCUT2D eigenvalue weighted by Crippen LogP contribution is -2.40. The van der Waals surface area contributed by atoms with E-state index in [1.54, 1.807) is 23.1 Å². The van der Waals surface area contributed by atoms with Gasteiger partial charge in [-0.3, -0.25) is 14.5 Å². The number of nitrogens with zero attached hydrogens (tertiary/aromatic N) is 1. The molecule has 1 heterocycles. The van der Waals surface area contributed by atoms with Crippen LogP contribution in [0.3, 0.4) is 0 Å². The Kier molecular flexibility index (Phi) is 4.98. The van der Waals surface area contributed by atoms with Crippen LogP contribution in [0, 0.1) is 0 Å². The zero-order chi connectivity index (χ0) is 19.8. The number of ketones is 1. The van der Waals surface area contributed by atoms with Crippen LogP contribution >= 0.6 is 15.9 Å². The third-order valence-electron chi connectivity index (χ3n) is 5.37. The molecule has 0 saturated carbocycles. The van der Waals surface area contributed by atoms with Gasteiger partial charge in [-0.1, -0.05) is 22.0 Å². The Hall–Kier alpha value is -2.60. The van der Waals surface area contributed by atoms with Gasteiger partial charge in [0.2, 0.25) is 5.91 Å². The van der Waals surface area contributed by atoms with Gasteiger partial charge >= 0.3 is 0 Å². The van der Waals surface area contributed by atoms with Crippen molar-refractivity contribution in [3.05, 3.63) is 63.8 Å². The van der Waals surface area contributed by atoms with Crippen LogP contribution in [-0.2, 0) is 9.59 Å². The molecule has 0 fully saturated rings. The van der Waals surface area contributed by atoms with E-state index in [9.17, 15) is 14.7 Å². The molecule has 5 nitrogen and oxygen atoms in total. The summed E-state index contributed by atoms with van der Waals surface area (Å²) < 4.78 is 6.15. The summed E-state index contributed by atoms with van der Waals surface area (Å²) in [4.78, 5) is 27.7. The van der Waals surface area contributed by atoms with Gasteiger partial charge in [-0.2, -0.15) is 0 Å². The molecule has 1 N–H and O–H groups in total. The molecule has 0 saturated heterocycles. The number of amides is 1. The Morgan fingerprint density at radius 3 is 2.57 bits per heavy atom. The first-order valence-electron chi connectivity index (χ1n) is 9.21. The van der Waals surface area contributed by atoms with Crippen LogP contribution in [0.5, 0.6) is 11.5 Å². The Balaban J connectivity index is 1.84. The Morgan fingerprint density at radius 1 is 1.11 bits per heavy atom. The molecule has 2 aromatic rings. The quantitative estimate of drug-likeness (QED) is 0.749. The van der Waals surface area contributed by atoms with Gasteiger partial charge in [0.05, 0.1) is 7.11 Å². The van der Waals surface area contributed by atoms with Crippen LogP contribution in [0.25, 0.3) is 0 Å². The number of allylic oxidation sites excluding steroid dienone is 2. The van der Waals surface area contributed by atoms with E-state index in [0.717, 1.165) is 27.8 Å². The van der Waals surface area contributed by atoms with Gasteiger partial charge in [0.1, 0.15) is 0 Å². The standard InChI is InChI=1S/C22H20BrNO4/c1-28-20-11-13(5-10-18(20)25)16-12-21(27)24(15-8-6-14(23)7-9-15)17-3-2-4-19(26)22(16)17/h5-11,16,25H,2-4,12H2,1H3. The minimum Gasteiger partial charge on any atom is -0.504 e. The third-order valence-corrected chi connectivity index (χ3v) is 5.89. The second-order valence-electron chi connectivity index (χ2n) is 7.03. The lowest BCUT2D eigenvalue weighted by atomic mass is 9.77. The molecule has 1 aliphatic heterocycles. The lowest BCUT2D eigenvalue weighted by Gasteiger charge is -2.38. The summed E-state index contributed by atoms with van der Waals surface area (Å²) in [6, 6.07) is 12.6. The lowest BCUT2D eigenvalue weighted by molar-refractivity contribution is -0.119. The highest BCUT2D eigenvalue weighted by atomic mass is 79.9. The van der Waals surface area contributed by atoms with Gasteiger partial charge in [0, 0.05) is 40.2 Å². The first-order chi connectivity index (χ1) is 13.5. The second-order valence-corrected chi connectivity index (χ2v) is 7.95. The maximum Gasteiger partial charge on any atom is 0.232 e. The molecular formula is C22H20BrNO4. The number of phenolic OH excluding ortho intramolecular Hbond substituents is 1. The van der Waals surface area contributed by atoms with E-state index < -0.39 is 0 Å². The molecule has 0 aromatic heterocycles. The fourth-order valence-corrected chi connectivity index (χ4v) is 4.34. The monoisotopic (exact) mass is 441 g/mol. The number of benzene rings is 2. The molecule has 1 amide bonds. The summed E-state index contributed by atoms with van der Waals surface area (Å²) in [5, 5.41) is 9.90. The molecule has 1 unspecified atom stereocenters. The van der Waals surface area contributed by atoms with Crippen molar-refractivity contribution in [1.82, 2.24) is 0 Å². The maximum atomic E-state index is 13.1. The number of carbonyl (C=O) groups excluding carboxylic acids is 2. The van der Waals surface area contributed by atoms with Crippen LogP contribution in [0.4, 0.5) is 5.69 Å². The molecule has 28 heavy (non-hydrogen) atoms. The highest BCUT2D eigenvalue weighted by molar-refractivity contribution is 9.10. The fourth-order valence-electron chi connectivity index (χ4n) is 4.08. The Bertz CT molecular complexity index is 981. The predicted octanol–water partition coefficient (Wildman–Crippen LogP) is 4.69. The van der Waals surface area contributed by atoms with E-state index in [0.29, 0.717) is 24.2 Å². The van der Waals surface area contributed by atoms with Gasteiger partial charge in [0.25, 0.3) is 0 Å². The average molecular weight is 442 g/mol. The largest absolute Gasteiger partial charge is 0.504 e. The Labute approximate surface area is 171 Å². The molecule has 6 heteroatoms. The van der Waals surface area contributed by atoms with Gasteiger partial charge in [0.15, 0.2) is 17.3 Å². The number of ether oxygens (including phenoxy) is 1. The first kappa shape index (κ1) is 18.7. The van der Waals surface area contributed by atoms with Crippen molar-refractivity contribution in [2.24, 2.45) is 0 Å². The number of methoxy groups -OCH3 is 1. The van der Waals surface area contributed by atoms with Gasteiger partial charge in [-0.15, -0.1) is 0 Å². The molecule has 0 spiro atoms. The zero-order valence-electron chi connectivity index (χ0n) is 15.4. The number of hydrogen-bond acceptors (Lipinski definition) is 4. The summed E-state index contributed by atoms with van der Waals surface area (Å²) in [5.74, 6) is 0.108. The van der Waals surface area contributed by atoms with Crippen molar-refractivity contribution >= 4 is 33.3 Å². The molecule has 1 aliphatic carbocycles. The van der Waals surface area contributed by atoms with E-state index in [1.165, 1.54) is 7.11 Å². The fraction of sp³-hybridized carbons (Fsp3) is 0.273. The Morgan fingerprint density at radius 2 is 1.86 bits per heavy atom. The summed E-state index contributed by atoms with van der Waals surface area (Å²) in [6.45, 7) is 0. The normalized spacial score (nSPS) is 19.6. The van der Waals surface area contributed by atoms with E-state index in [-0.39, 0.29) is 29.8 Å². The van der Waals surface area contributed by atoms with Gasteiger partial charge in [-0.05, 0) is 54.8 Å². The molecular weight excluding hydrogens is 422 g/mol. The van der Waals surface area contributed by atoms with Crippen LogP contribution in [0.1, 0.15) is 37.2 Å². The molecule has 1 atom stereocenters. The highest BCUT2D eigenvalue weighted by Gasteiger charge is 2.39. The van der Waals surface area contributed by atoms with Crippen molar-refractivity contribution in [1.29, 1.82) is 0 Å². The molecule has 4 rings (SSSR count). The summed E-state index contributed by atoms with van der Waals surface area (Å²) >= 11 is 3.42. The predicted molar refractivity (Wildman–Crippen MR) is 110 cm³/mol. The van der Waals surface area contributed by atoms with Crippen LogP contribution in [0.2, 0.25) is 0 Å². The van der Waals surface area contributed by atoms with E-state index >= 15 is 0 Å². The van der Waals surface area contributed by atoms with Crippen LogP contribution < -0.4 is 9.64 Å². The highest BCUT2D eigenvalue weighted by Crippen LogP contribution is 2.44. The van der Waals surface area contributed by atoms with Crippen molar-refractivity contribution in [2.75, 3.05) is 12.0 Å². The topological polar surface area (TPSA) is 66.8 Å². The number of Topliss-reactive ketones (excluding diaryl/α,β-unsaturated/α-hetero) is 1. The molecule has 2 aliphatic rings. The van der Waals surface area contributed by atoms with E-state index in [4.69, 9.17) is 4.74 Å². The number of anilines is 1. The molecule has 144 valence electrons. The number of phenols is 1. The number of rotatable bonds is 3. The summed E-state index contributed by atoms with van der Waals surface area (Å²) in [7, 11) is 1.48. The first-order valence-corrected chi connectivity index (χ1v) is 10.0. The summed E-state index contributed by atoms with van der Waals surface area (Å²) in [5.41, 5.74) is 3.09. The van der Waals surface area contributed by atoms with Crippen molar-refractivity contribution < 1.29 is 19.4 Å². The maximum absolute atomic E-state index is 13.1. The summed E-state index contributed by atoms with van der Waals surface area (Å²) in [6.07, 6.45) is 2.12.